The monoisotopic (exact) mass is 281 g/mol. The van der Waals surface area contributed by atoms with Gasteiger partial charge in [0.15, 0.2) is 4.77 Å². The van der Waals surface area contributed by atoms with E-state index in [1.54, 1.807) is 11.3 Å². The molecule has 4 nitrogen and oxygen atoms in total. The van der Waals surface area contributed by atoms with E-state index in [1.165, 1.54) is 4.88 Å². The molecule has 0 spiro atoms. The molecule has 0 amide bonds. The van der Waals surface area contributed by atoms with Crippen molar-refractivity contribution in [2.24, 2.45) is 0 Å². The van der Waals surface area contributed by atoms with Crippen LogP contribution < -0.4 is 0 Å². The molecule has 0 aliphatic carbocycles. The van der Waals surface area contributed by atoms with E-state index in [1.807, 2.05) is 0 Å². The van der Waals surface area contributed by atoms with Gasteiger partial charge >= 0.3 is 0 Å². The van der Waals surface area contributed by atoms with Gasteiger partial charge in [0.2, 0.25) is 0 Å². The summed E-state index contributed by atoms with van der Waals surface area (Å²) in [5.41, 5.74) is 0. The molecule has 96 valence electrons. The van der Waals surface area contributed by atoms with Crippen molar-refractivity contribution in [2.45, 2.75) is 31.9 Å². The number of nitrogens with one attached hydrogen (secondary N) is 1. The van der Waals surface area contributed by atoms with Crippen LogP contribution in [0.5, 0.6) is 0 Å². The quantitative estimate of drug-likeness (QED) is 0.876. The van der Waals surface area contributed by atoms with E-state index in [-0.39, 0.29) is 6.10 Å². The molecule has 1 saturated heterocycles. The number of hydrogen-bond donors (Lipinski definition) is 1. The fourth-order valence-electron chi connectivity index (χ4n) is 2.23. The first kappa shape index (κ1) is 12.1. The number of ether oxygens (including phenoxy) is 1. The second-order valence-electron chi connectivity index (χ2n) is 4.45. The van der Waals surface area contributed by atoms with E-state index in [2.05, 4.69) is 32.3 Å². The predicted octanol–water partition coefficient (Wildman–Crippen LogP) is 2.77. The Kier molecular flexibility index (Phi) is 3.58. The van der Waals surface area contributed by atoms with Crippen molar-refractivity contribution in [3.05, 3.63) is 33.0 Å². The lowest BCUT2D eigenvalue weighted by Crippen LogP contribution is -2.17. The summed E-state index contributed by atoms with van der Waals surface area (Å²) in [5, 5.41) is 9.30. The van der Waals surface area contributed by atoms with E-state index in [0.29, 0.717) is 4.77 Å². The largest absolute Gasteiger partial charge is 0.376 e. The molecule has 2 aromatic rings. The second kappa shape index (κ2) is 5.34. The molecule has 2 aromatic heterocycles. The Hall–Kier alpha value is -0.980. The first-order valence-electron chi connectivity index (χ1n) is 6.11. The minimum Gasteiger partial charge on any atom is -0.376 e. The van der Waals surface area contributed by atoms with Gasteiger partial charge in [-0.3, -0.25) is 5.10 Å². The first-order valence-corrected chi connectivity index (χ1v) is 7.40. The second-order valence-corrected chi connectivity index (χ2v) is 5.87. The molecule has 1 N–H and O–H groups in total. The molecule has 1 aliphatic heterocycles. The van der Waals surface area contributed by atoms with Crippen molar-refractivity contribution in [1.82, 2.24) is 14.8 Å². The molecule has 18 heavy (non-hydrogen) atoms. The summed E-state index contributed by atoms with van der Waals surface area (Å²) in [6.07, 6.45) is 3.38. The van der Waals surface area contributed by atoms with Crippen LogP contribution in [0.4, 0.5) is 0 Å². The molecule has 6 heteroatoms. The lowest BCUT2D eigenvalue weighted by atomic mass is 10.2. The minimum absolute atomic E-state index is 0.288. The zero-order valence-corrected chi connectivity index (χ0v) is 11.6. The molecule has 1 atom stereocenters. The Morgan fingerprint density at radius 3 is 3.28 bits per heavy atom. The maximum atomic E-state index is 5.67. The Labute approximate surface area is 115 Å². The molecule has 0 radical (unpaired) electrons. The van der Waals surface area contributed by atoms with Crippen LogP contribution in [-0.4, -0.2) is 27.5 Å². The van der Waals surface area contributed by atoms with Gasteiger partial charge in [0.05, 0.1) is 12.6 Å². The summed E-state index contributed by atoms with van der Waals surface area (Å²) in [7, 11) is 0. The SMILES string of the molecule is S=c1[nH]nc(Cc2cccs2)n1CC1CCCO1. The summed E-state index contributed by atoms with van der Waals surface area (Å²) in [6, 6.07) is 4.19. The highest BCUT2D eigenvalue weighted by Gasteiger charge is 2.18. The highest BCUT2D eigenvalue weighted by molar-refractivity contribution is 7.71. The standard InChI is InChI=1S/C12H15N3OS2/c17-12-14-13-11(7-10-4-2-6-18-10)15(12)8-9-3-1-5-16-9/h2,4,6,9H,1,3,5,7-8H2,(H,14,17). The lowest BCUT2D eigenvalue weighted by Gasteiger charge is -2.11. The Morgan fingerprint density at radius 2 is 2.56 bits per heavy atom. The predicted molar refractivity (Wildman–Crippen MR) is 73.5 cm³/mol. The van der Waals surface area contributed by atoms with Crippen molar-refractivity contribution < 1.29 is 4.74 Å². The molecule has 0 saturated carbocycles. The van der Waals surface area contributed by atoms with Crippen molar-refractivity contribution in [1.29, 1.82) is 0 Å². The molecular weight excluding hydrogens is 266 g/mol. The molecule has 1 fully saturated rings. The zero-order valence-electron chi connectivity index (χ0n) is 9.96. The third kappa shape index (κ3) is 2.55. The van der Waals surface area contributed by atoms with Crippen LogP contribution in [0.15, 0.2) is 17.5 Å². The highest BCUT2D eigenvalue weighted by Crippen LogP contribution is 2.17. The van der Waals surface area contributed by atoms with Crippen LogP contribution in [0.3, 0.4) is 0 Å². The molecule has 3 rings (SSSR count). The van der Waals surface area contributed by atoms with E-state index < -0.39 is 0 Å². The maximum Gasteiger partial charge on any atom is 0.195 e. The summed E-state index contributed by atoms with van der Waals surface area (Å²) < 4.78 is 8.43. The molecule has 0 aromatic carbocycles. The van der Waals surface area contributed by atoms with Gasteiger partial charge in [-0.05, 0) is 36.5 Å². The Morgan fingerprint density at radius 1 is 1.61 bits per heavy atom. The summed E-state index contributed by atoms with van der Waals surface area (Å²) in [5.74, 6) is 0.998. The fourth-order valence-corrected chi connectivity index (χ4v) is 3.16. The van der Waals surface area contributed by atoms with Gasteiger partial charge < -0.3 is 9.30 Å². The topological polar surface area (TPSA) is 42.8 Å². The summed E-state index contributed by atoms with van der Waals surface area (Å²) >= 11 is 7.04. The van der Waals surface area contributed by atoms with Gasteiger partial charge in [-0.25, -0.2) is 0 Å². The van der Waals surface area contributed by atoms with Crippen LogP contribution in [0.2, 0.25) is 0 Å². The van der Waals surface area contributed by atoms with Crippen LogP contribution in [0.1, 0.15) is 23.5 Å². The molecule has 1 aliphatic rings. The maximum absolute atomic E-state index is 5.67. The van der Waals surface area contributed by atoms with Gasteiger partial charge in [-0.15, -0.1) is 11.3 Å². The molecule has 0 bridgehead atoms. The van der Waals surface area contributed by atoms with E-state index >= 15 is 0 Å². The number of aromatic nitrogens is 3. The number of nitrogens with zero attached hydrogens (tertiary/aromatic N) is 2. The number of rotatable bonds is 4. The molecular formula is C12H15N3OS2. The molecule has 1 unspecified atom stereocenters. The van der Waals surface area contributed by atoms with Crippen molar-refractivity contribution in [3.8, 4) is 0 Å². The van der Waals surface area contributed by atoms with Crippen LogP contribution >= 0.6 is 23.6 Å². The highest BCUT2D eigenvalue weighted by atomic mass is 32.1. The third-order valence-corrected chi connectivity index (χ3v) is 4.35. The smallest absolute Gasteiger partial charge is 0.195 e. The van der Waals surface area contributed by atoms with Gasteiger partial charge in [0.1, 0.15) is 5.82 Å². The molecule has 3 heterocycles. The minimum atomic E-state index is 0.288. The lowest BCUT2D eigenvalue weighted by molar-refractivity contribution is 0.0960. The van der Waals surface area contributed by atoms with Gasteiger partial charge in [-0.1, -0.05) is 6.07 Å². The summed E-state index contributed by atoms with van der Waals surface area (Å²) in [4.78, 5) is 1.30. The third-order valence-electron chi connectivity index (χ3n) is 3.16. The van der Waals surface area contributed by atoms with Crippen molar-refractivity contribution in [2.75, 3.05) is 6.61 Å². The Balaban J connectivity index is 1.79. The Bertz CT molecular complexity index is 552. The average molecular weight is 281 g/mol. The summed E-state index contributed by atoms with van der Waals surface area (Å²) in [6.45, 7) is 1.69. The van der Waals surface area contributed by atoms with E-state index in [9.17, 15) is 0 Å². The fraction of sp³-hybridized carbons (Fsp3) is 0.500. The first-order chi connectivity index (χ1) is 8.83. The number of thiophene rings is 1. The number of H-pyrrole nitrogens is 1. The normalized spacial score (nSPS) is 19.4. The zero-order chi connectivity index (χ0) is 12.4. The van der Waals surface area contributed by atoms with Crippen LogP contribution in [-0.2, 0) is 17.7 Å². The van der Waals surface area contributed by atoms with Gasteiger partial charge in [0, 0.05) is 17.9 Å². The number of aromatic amines is 1. The van der Waals surface area contributed by atoms with Crippen molar-refractivity contribution in [3.63, 3.8) is 0 Å². The van der Waals surface area contributed by atoms with Crippen molar-refractivity contribution >= 4 is 23.6 Å². The average Bonchev–Trinajstić information content (AvgIpc) is 3.08. The van der Waals surface area contributed by atoms with Crippen LogP contribution in [0, 0.1) is 4.77 Å². The van der Waals surface area contributed by atoms with Crippen LogP contribution in [0.25, 0.3) is 0 Å². The number of hydrogen-bond acceptors (Lipinski definition) is 4. The van der Waals surface area contributed by atoms with Gasteiger partial charge in [0.25, 0.3) is 0 Å². The van der Waals surface area contributed by atoms with Gasteiger partial charge in [-0.2, -0.15) is 5.10 Å². The van der Waals surface area contributed by atoms with E-state index in [0.717, 1.165) is 38.2 Å². The van der Waals surface area contributed by atoms with E-state index in [4.69, 9.17) is 17.0 Å².